The Bertz CT molecular complexity index is 491. The summed E-state index contributed by atoms with van der Waals surface area (Å²) in [7, 11) is 0. The number of anilines is 1. The van der Waals surface area contributed by atoms with Crippen LogP contribution in [-0.4, -0.2) is 11.5 Å². The molecule has 0 amide bonds. The standard InChI is InChI=1S/C13H13ClN2/c14-11-4-1-3-10-9(6-8-16-13(10)11)12-5-2-7-15-12/h1-5,7,9,15-16H,6,8H2. The van der Waals surface area contributed by atoms with Crippen LogP contribution < -0.4 is 5.32 Å². The number of fused-ring (bicyclic) bond motifs is 1. The molecule has 0 saturated carbocycles. The zero-order valence-corrected chi connectivity index (χ0v) is 9.59. The van der Waals surface area contributed by atoms with Crippen LogP contribution in [0, 0.1) is 0 Å². The van der Waals surface area contributed by atoms with E-state index in [9.17, 15) is 0 Å². The van der Waals surface area contributed by atoms with Crippen molar-refractivity contribution in [3.8, 4) is 0 Å². The van der Waals surface area contributed by atoms with Gasteiger partial charge in [0.1, 0.15) is 0 Å². The average molecular weight is 233 g/mol. The van der Waals surface area contributed by atoms with E-state index in [1.165, 1.54) is 11.3 Å². The van der Waals surface area contributed by atoms with Crippen LogP contribution >= 0.6 is 11.6 Å². The summed E-state index contributed by atoms with van der Waals surface area (Å²) in [5, 5.41) is 4.19. The van der Waals surface area contributed by atoms with Gasteiger partial charge in [-0.3, -0.25) is 0 Å². The van der Waals surface area contributed by atoms with Crippen LogP contribution in [-0.2, 0) is 0 Å². The van der Waals surface area contributed by atoms with Gasteiger partial charge in [-0.15, -0.1) is 0 Å². The van der Waals surface area contributed by atoms with Gasteiger partial charge < -0.3 is 10.3 Å². The molecule has 0 radical (unpaired) electrons. The van der Waals surface area contributed by atoms with Crippen molar-refractivity contribution in [3.63, 3.8) is 0 Å². The van der Waals surface area contributed by atoms with Gasteiger partial charge in [-0.1, -0.05) is 23.7 Å². The molecule has 2 heterocycles. The Morgan fingerprint density at radius 2 is 2.12 bits per heavy atom. The maximum absolute atomic E-state index is 6.20. The van der Waals surface area contributed by atoms with Gasteiger partial charge >= 0.3 is 0 Å². The Labute approximate surface area is 99.6 Å². The van der Waals surface area contributed by atoms with Crippen molar-refractivity contribution in [1.29, 1.82) is 0 Å². The third-order valence-corrected chi connectivity index (χ3v) is 3.47. The molecule has 3 heteroatoms. The summed E-state index contributed by atoms with van der Waals surface area (Å²) in [6.45, 7) is 0.973. The maximum Gasteiger partial charge on any atom is 0.0640 e. The first kappa shape index (κ1) is 9.79. The van der Waals surface area contributed by atoms with E-state index in [-0.39, 0.29) is 0 Å². The minimum atomic E-state index is 0.435. The van der Waals surface area contributed by atoms with Crippen LogP contribution in [0.2, 0.25) is 5.02 Å². The molecule has 1 atom stereocenters. The molecule has 0 bridgehead atoms. The number of aromatic nitrogens is 1. The molecule has 82 valence electrons. The average Bonchev–Trinajstić information content (AvgIpc) is 2.82. The van der Waals surface area contributed by atoms with E-state index >= 15 is 0 Å². The van der Waals surface area contributed by atoms with Crippen LogP contribution in [0.25, 0.3) is 0 Å². The fourth-order valence-corrected chi connectivity index (χ4v) is 2.65. The first-order valence-corrected chi connectivity index (χ1v) is 5.89. The number of hydrogen-bond acceptors (Lipinski definition) is 1. The van der Waals surface area contributed by atoms with Gasteiger partial charge in [-0.2, -0.15) is 0 Å². The highest BCUT2D eigenvalue weighted by Crippen LogP contribution is 2.39. The van der Waals surface area contributed by atoms with Crippen molar-refractivity contribution in [2.75, 3.05) is 11.9 Å². The molecule has 3 rings (SSSR count). The molecule has 16 heavy (non-hydrogen) atoms. The number of halogens is 1. The van der Waals surface area contributed by atoms with Crippen molar-refractivity contribution >= 4 is 17.3 Å². The molecule has 1 aromatic carbocycles. The zero-order chi connectivity index (χ0) is 11.0. The number of rotatable bonds is 1. The highest BCUT2D eigenvalue weighted by atomic mass is 35.5. The summed E-state index contributed by atoms with van der Waals surface area (Å²) < 4.78 is 0. The SMILES string of the molecule is Clc1cccc2c1NCCC2c1ccc[nH]1. The third-order valence-electron chi connectivity index (χ3n) is 3.15. The van der Waals surface area contributed by atoms with Gasteiger partial charge in [-0.05, 0) is 30.2 Å². The second kappa shape index (κ2) is 3.87. The molecule has 1 aliphatic rings. The second-order valence-electron chi connectivity index (χ2n) is 4.10. The topological polar surface area (TPSA) is 27.8 Å². The monoisotopic (exact) mass is 232 g/mol. The minimum Gasteiger partial charge on any atom is -0.384 e. The number of hydrogen-bond donors (Lipinski definition) is 2. The fraction of sp³-hybridized carbons (Fsp3) is 0.231. The number of nitrogens with one attached hydrogen (secondary N) is 2. The Kier molecular flexibility index (Phi) is 2.37. The lowest BCUT2D eigenvalue weighted by molar-refractivity contribution is 0.704. The lowest BCUT2D eigenvalue weighted by Crippen LogP contribution is -2.18. The van der Waals surface area contributed by atoms with E-state index in [1.54, 1.807) is 0 Å². The minimum absolute atomic E-state index is 0.435. The van der Waals surface area contributed by atoms with E-state index in [4.69, 9.17) is 11.6 Å². The summed E-state index contributed by atoms with van der Waals surface area (Å²) in [5.41, 5.74) is 3.65. The number of aromatic amines is 1. The van der Waals surface area contributed by atoms with Gasteiger partial charge in [-0.25, -0.2) is 0 Å². The third kappa shape index (κ3) is 1.50. The molecule has 0 fully saturated rings. The molecule has 0 spiro atoms. The van der Waals surface area contributed by atoms with Crippen molar-refractivity contribution < 1.29 is 0 Å². The Morgan fingerprint density at radius 1 is 1.19 bits per heavy atom. The van der Waals surface area contributed by atoms with E-state index in [1.807, 2.05) is 24.4 Å². The van der Waals surface area contributed by atoms with E-state index in [2.05, 4.69) is 22.4 Å². The van der Waals surface area contributed by atoms with E-state index < -0.39 is 0 Å². The fourth-order valence-electron chi connectivity index (χ4n) is 2.40. The lowest BCUT2D eigenvalue weighted by Gasteiger charge is -2.26. The summed E-state index contributed by atoms with van der Waals surface area (Å²) in [4.78, 5) is 3.30. The van der Waals surface area contributed by atoms with Crippen LogP contribution in [0.3, 0.4) is 0 Å². The summed E-state index contributed by atoms with van der Waals surface area (Å²) in [6, 6.07) is 10.3. The Morgan fingerprint density at radius 3 is 2.94 bits per heavy atom. The summed E-state index contributed by atoms with van der Waals surface area (Å²) >= 11 is 6.20. The molecule has 2 aromatic rings. The smallest absolute Gasteiger partial charge is 0.0640 e. The predicted octanol–water partition coefficient (Wildman–Crippen LogP) is 3.62. The highest BCUT2D eigenvalue weighted by molar-refractivity contribution is 6.33. The first-order valence-electron chi connectivity index (χ1n) is 5.52. The largest absolute Gasteiger partial charge is 0.384 e. The van der Waals surface area contributed by atoms with E-state index in [0.717, 1.165) is 23.7 Å². The van der Waals surface area contributed by atoms with Gasteiger partial charge in [0.05, 0.1) is 10.7 Å². The molecule has 1 aliphatic heterocycles. The Balaban J connectivity index is 2.10. The van der Waals surface area contributed by atoms with Crippen molar-refractivity contribution in [1.82, 2.24) is 4.98 Å². The lowest BCUT2D eigenvalue weighted by atomic mass is 9.88. The van der Waals surface area contributed by atoms with Gasteiger partial charge in [0.2, 0.25) is 0 Å². The van der Waals surface area contributed by atoms with Crippen molar-refractivity contribution in [2.24, 2.45) is 0 Å². The molecule has 0 saturated heterocycles. The molecule has 2 N–H and O–H groups in total. The van der Waals surface area contributed by atoms with Crippen LogP contribution in [0.15, 0.2) is 36.5 Å². The predicted molar refractivity (Wildman–Crippen MR) is 67.2 cm³/mol. The molecular weight excluding hydrogens is 220 g/mol. The number of benzene rings is 1. The van der Waals surface area contributed by atoms with Crippen molar-refractivity contribution in [2.45, 2.75) is 12.3 Å². The highest BCUT2D eigenvalue weighted by Gasteiger charge is 2.23. The summed E-state index contributed by atoms with van der Waals surface area (Å²) in [6.07, 6.45) is 3.08. The molecule has 1 unspecified atom stereocenters. The quantitative estimate of drug-likeness (QED) is 0.772. The van der Waals surface area contributed by atoms with Gasteiger partial charge in [0, 0.05) is 24.4 Å². The van der Waals surface area contributed by atoms with Gasteiger partial charge in [0.25, 0.3) is 0 Å². The van der Waals surface area contributed by atoms with E-state index in [0.29, 0.717) is 5.92 Å². The molecule has 2 nitrogen and oxygen atoms in total. The Hall–Kier alpha value is -1.41. The van der Waals surface area contributed by atoms with Crippen LogP contribution in [0.4, 0.5) is 5.69 Å². The number of para-hydroxylation sites is 1. The summed E-state index contributed by atoms with van der Waals surface area (Å²) in [5.74, 6) is 0.435. The number of H-pyrrole nitrogens is 1. The molecular formula is C13H13ClN2. The van der Waals surface area contributed by atoms with Gasteiger partial charge in [0.15, 0.2) is 0 Å². The maximum atomic E-state index is 6.20. The zero-order valence-electron chi connectivity index (χ0n) is 8.83. The normalized spacial score (nSPS) is 18.9. The first-order chi connectivity index (χ1) is 7.86. The second-order valence-corrected chi connectivity index (χ2v) is 4.50. The molecule has 1 aromatic heterocycles. The van der Waals surface area contributed by atoms with Crippen LogP contribution in [0.5, 0.6) is 0 Å². The van der Waals surface area contributed by atoms with Crippen molar-refractivity contribution in [3.05, 3.63) is 52.8 Å². The van der Waals surface area contributed by atoms with Crippen LogP contribution in [0.1, 0.15) is 23.6 Å². The molecule has 0 aliphatic carbocycles.